The summed E-state index contributed by atoms with van der Waals surface area (Å²) in [6.07, 6.45) is 3.82. The Bertz CT molecular complexity index is 520. The van der Waals surface area contributed by atoms with Crippen LogP contribution < -0.4 is 4.74 Å². The smallest absolute Gasteiger partial charge is 0.119 e. The third-order valence-electron chi connectivity index (χ3n) is 2.82. The normalized spacial score (nSPS) is 11.6. The standard InChI is InChI=1S/C16H22N2O/c1-5-19-14-8-6-13(7-9-14)15-10-17-12-18(15)11-16(2,3)4/h6-10,12H,5,11H2,1-4H3. The van der Waals surface area contributed by atoms with Gasteiger partial charge in [0.15, 0.2) is 0 Å². The first-order chi connectivity index (χ1) is 8.99. The topological polar surface area (TPSA) is 27.1 Å². The number of ether oxygens (including phenoxy) is 1. The summed E-state index contributed by atoms with van der Waals surface area (Å²) in [5.41, 5.74) is 2.56. The molecule has 1 aromatic carbocycles. The van der Waals surface area contributed by atoms with Crippen molar-refractivity contribution in [3.05, 3.63) is 36.8 Å². The van der Waals surface area contributed by atoms with Gasteiger partial charge in [-0.25, -0.2) is 4.98 Å². The lowest BCUT2D eigenvalue weighted by molar-refractivity contribution is 0.340. The van der Waals surface area contributed by atoms with Crippen molar-refractivity contribution >= 4 is 0 Å². The number of benzene rings is 1. The molecule has 3 heteroatoms. The Labute approximate surface area is 115 Å². The van der Waals surface area contributed by atoms with E-state index in [0.29, 0.717) is 6.61 Å². The Hall–Kier alpha value is -1.77. The second kappa shape index (κ2) is 5.47. The second-order valence-electron chi connectivity index (χ2n) is 5.92. The largest absolute Gasteiger partial charge is 0.494 e. The monoisotopic (exact) mass is 258 g/mol. The minimum absolute atomic E-state index is 0.237. The summed E-state index contributed by atoms with van der Waals surface area (Å²) in [7, 11) is 0. The van der Waals surface area contributed by atoms with E-state index in [4.69, 9.17) is 4.74 Å². The molecule has 1 aromatic heterocycles. The van der Waals surface area contributed by atoms with Gasteiger partial charge in [0.25, 0.3) is 0 Å². The first kappa shape index (κ1) is 13.7. The van der Waals surface area contributed by atoms with E-state index in [1.165, 1.54) is 5.56 Å². The molecule has 0 bridgehead atoms. The molecule has 2 rings (SSSR count). The van der Waals surface area contributed by atoms with Crippen LogP contribution in [0.15, 0.2) is 36.8 Å². The lowest BCUT2D eigenvalue weighted by Crippen LogP contribution is -2.15. The van der Waals surface area contributed by atoms with Gasteiger partial charge in [0.2, 0.25) is 0 Å². The Morgan fingerprint density at radius 1 is 1.16 bits per heavy atom. The van der Waals surface area contributed by atoms with Crippen LogP contribution in [0, 0.1) is 5.41 Å². The zero-order valence-corrected chi connectivity index (χ0v) is 12.2. The SMILES string of the molecule is CCOc1ccc(-c2cncn2CC(C)(C)C)cc1. The fourth-order valence-corrected chi connectivity index (χ4v) is 2.09. The van der Waals surface area contributed by atoms with Crippen LogP contribution in [0.5, 0.6) is 5.75 Å². The second-order valence-corrected chi connectivity index (χ2v) is 5.92. The number of hydrogen-bond donors (Lipinski definition) is 0. The van der Waals surface area contributed by atoms with Crippen LogP contribution in [-0.2, 0) is 6.54 Å². The quantitative estimate of drug-likeness (QED) is 0.829. The van der Waals surface area contributed by atoms with Gasteiger partial charge in [-0.1, -0.05) is 20.8 Å². The Morgan fingerprint density at radius 2 is 1.84 bits per heavy atom. The zero-order chi connectivity index (χ0) is 13.9. The maximum atomic E-state index is 5.47. The fraction of sp³-hybridized carbons (Fsp3) is 0.438. The Morgan fingerprint density at radius 3 is 2.42 bits per heavy atom. The van der Waals surface area contributed by atoms with Gasteiger partial charge in [-0.05, 0) is 36.6 Å². The molecular formula is C16H22N2O. The maximum Gasteiger partial charge on any atom is 0.119 e. The summed E-state index contributed by atoms with van der Waals surface area (Å²) in [5.74, 6) is 0.910. The average molecular weight is 258 g/mol. The lowest BCUT2D eigenvalue weighted by Gasteiger charge is -2.20. The number of imidazole rings is 1. The molecule has 0 N–H and O–H groups in total. The van der Waals surface area contributed by atoms with Gasteiger partial charge in [-0.3, -0.25) is 0 Å². The van der Waals surface area contributed by atoms with Gasteiger partial charge in [0, 0.05) is 12.1 Å². The molecule has 1 heterocycles. The molecule has 2 aromatic rings. The van der Waals surface area contributed by atoms with Crippen molar-refractivity contribution < 1.29 is 4.74 Å². The predicted octanol–water partition coefficient (Wildman–Crippen LogP) is 3.99. The molecule has 0 unspecified atom stereocenters. The third-order valence-corrected chi connectivity index (χ3v) is 2.82. The molecule has 0 aliphatic carbocycles. The molecule has 3 nitrogen and oxygen atoms in total. The number of aromatic nitrogens is 2. The molecule has 0 saturated carbocycles. The van der Waals surface area contributed by atoms with Crippen LogP contribution in [0.25, 0.3) is 11.3 Å². The predicted molar refractivity (Wildman–Crippen MR) is 78.3 cm³/mol. The van der Waals surface area contributed by atoms with Crippen LogP contribution in [0.1, 0.15) is 27.7 Å². The van der Waals surface area contributed by atoms with E-state index in [1.54, 1.807) is 0 Å². The highest BCUT2D eigenvalue weighted by molar-refractivity contribution is 5.59. The van der Waals surface area contributed by atoms with Gasteiger partial charge < -0.3 is 9.30 Å². The first-order valence-electron chi connectivity index (χ1n) is 6.73. The summed E-state index contributed by atoms with van der Waals surface area (Å²) in [5, 5.41) is 0. The van der Waals surface area contributed by atoms with Gasteiger partial charge in [-0.15, -0.1) is 0 Å². The van der Waals surface area contributed by atoms with E-state index < -0.39 is 0 Å². The first-order valence-corrected chi connectivity index (χ1v) is 6.73. The van der Waals surface area contributed by atoms with Crippen molar-refractivity contribution in [3.8, 4) is 17.0 Å². The fourth-order valence-electron chi connectivity index (χ4n) is 2.09. The van der Waals surface area contributed by atoms with E-state index in [-0.39, 0.29) is 5.41 Å². The highest BCUT2D eigenvalue weighted by Gasteiger charge is 2.14. The summed E-state index contributed by atoms with van der Waals surface area (Å²) in [6, 6.07) is 8.18. The number of nitrogens with zero attached hydrogens (tertiary/aromatic N) is 2. The van der Waals surface area contributed by atoms with Crippen molar-refractivity contribution in [2.75, 3.05) is 6.61 Å². The minimum atomic E-state index is 0.237. The van der Waals surface area contributed by atoms with E-state index in [0.717, 1.165) is 18.0 Å². The highest BCUT2D eigenvalue weighted by Crippen LogP contribution is 2.25. The molecule has 0 aliphatic rings. The van der Waals surface area contributed by atoms with E-state index in [1.807, 2.05) is 31.6 Å². The van der Waals surface area contributed by atoms with Gasteiger partial charge in [0.05, 0.1) is 24.8 Å². The van der Waals surface area contributed by atoms with Crippen molar-refractivity contribution in [2.45, 2.75) is 34.2 Å². The zero-order valence-electron chi connectivity index (χ0n) is 12.2. The molecule has 19 heavy (non-hydrogen) atoms. The third kappa shape index (κ3) is 3.60. The van der Waals surface area contributed by atoms with Crippen molar-refractivity contribution in [3.63, 3.8) is 0 Å². The molecule has 0 amide bonds. The molecule has 0 atom stereocenters. The van der Waals surface area contributed by atoms with E-state index >= 15 is 0 Å². The molecule has 102 valence electrons. The molecule has 0 spiro atoms. The summed E-state index contributed by atoms with van der Waals surface area (Å²) < 4.78 is 7.67. The highest BCUT2D eigenvalue weighted by atomic mass is 16.5. The van der Waals surface area contributed by atoms with Crippen LogP contribution >= 0.6 is 0 Å². The Balaban J connectivity index is 2.24. The summed E-state index contributed by atoms with van der Waals surface area (Å²) in [4.78, 5) is 4.27. The number of hydrogen-bond acceptors (Lipinski definition) is 2. The van der Waals surface area contributed by atoms with Crippen LogP contribution in [-0.4, -0.2) is 16.2 Å². The summed E-state index contributed by atoms with van der Waals surface area (Å²) >= 11 is 0. The molecule has 0 saturated heterocycles. The van der Waals surface area contributed by atoms with E-state index in [9.17, 15) is 0 Å². The van der Waals surface area contributed by atoms with Crippen molar-refractivity contribution in [1.82, 2.24) is 9.55 Å². The van der Waals surface area contributed by atoms with Crippen molar-refractivity contribution in [1.29, 1.82) is 0 Å². The van der Waals surface area contributed by atoms with Crippen LogP contribution in [0.3, 0.4) is 0 Å². The average Bonchev–Trinajstić information content (AvgIpc) is 2.76. The molecule has 0 radical (unpaired) electrons. The number of rotatable bonds is 4. The maximum absolute atomic E-state index is 5.47. The molecule has 0 fully saturated rings. The minimum Gasteiger partial charge on any atom is -0.494 e. The summed E-state index contributed by atoms with van der Waals surface area (Å²) in [6.45, 7) is 10.3. The molecule has 0 aliphatic heterocycles. The van der Waals surface area contributed by atoms with Gasteiger partial charge in [-0.2, -0.15) is 0 Å². The van der Waals surface area contributed by atoms with Gasteiger partial charge >= 0.3 is 0 Å². The van der Waals surface area contributed by atoms with Crippen LogP contribution in [0.4, 0.5) is 0 Å². The van der Waals surface area contributed by atoms with Gasteiger partial charge in [0.1, 0.15) is 5.75 Å². The lowest BCUT2D eigenvalue weighted by atomic mass is 9.96. The van der Waals surface area contributed by atoms with Crippen molar-refractivity contribution in [2.24, 2.45) is 5.41 Å². The van der Waals surface area contributed by atoms with Crippen LogP contribution in [0.2, 0.25) is 0 Å². The Kier molecular flexibility index (Phi) is 3.93. The molecular weight excluding hydrogens is 236 g/mol. The van der Waals surface area contributed by atoms with E-state index in [2.05, 4.69) is 42.5 Å².